The molecule has 1 amide bonds. The van der Waals surface area contributed by atoms with Gasteiger partial charge in [0.15, 0.2) is 5.78 Å². The Balaban J connectivity index is 1.96. The smallest absolute Gasteiger partial charge is 0.227 e. The van der Waals surface area contributed by atoms with E-state index in [0.29, 0.717) is 23.4 Å². The van der Waals surface area contributed by atoms with Gasteiger partial charge in [-0.25, -0.2) is 0 Å². The summed E-state index contributed by atoms with van der Waals surface area (Å²) in [5, 5.41) is 4.17. The van der Waals surface area contributed by atoms with Crippen molar-refractivity contribution < 1.29 is 9.59 Å². The van der Waals surface area contributed by atoms with Crippen molar-refractivity contribution in [2.75, 3.05) is 10.2 Å². The zero-order valence-electron chi connectivity index (χ0n) is 18.4. The van der Waals surface area contributed by atoms with E-state index in [1.165, 1.54) is 0 Å². The van der Waals surface area contributed by atoms with Gasteiger partial charge in [-0.2, -0.15) is 0 Å². The molecule has 1 aliphatic heterocycles. The Kier molecular flexibility index (Phi) is 5.94. The molecule has 1 atom stereocenters. The first-order valence-corrected chi connectivity index (χ1v) is 11.4. The van der Waals surface area contributed by atoms with Crippen molar-refractivity contribution in [3.05, 3.63) is 70.4 Å². The minimum Gasteiger partial charge on any atom is -0.357 e. The summed E-state index contributed by atoms with van der Waals surface area (Å²) in [5.41, 5.74) is 4.05. The number of rotatable bonds is 4. The van der Waals surface area contributed by atoms with Crippen molar-refractivity contribution in [3.63, 3.8) is 0 Å². The largest absolute Gasteiger partial charge is 0.357 e. The van der Waals surface area contributed by atoms with E-state index >= 15 is 0 Å². The number of para-hydroxylation sites is 2. The maximum atomic E-state index is 13.6. The van der Waals surface area contributed by atoms with Gasteiger partial charge in [-0.1, -0.05) is 63.1 Å². The highest BCUT2D eigenvalue weighted by Gasteiger charge is 2.42. The van der Waals surface area contributed by atoms with Gasteiger partial charge in [0.1, 0.15) is 0 Å². The minimum absolute atomic E-state index is 0.0300. The summed E-state index contributed by atoms with van der Waals surface area (Å²) in [6.07, 6.45) is 3.41. The van der Waals surface area contributed by atoms with Crippen LogP contribution in [0.3, 0.4) is 0 Å². The lowest BCUT2D eigenvalue weighted by Gasteiger charge is -2.37. The zero-order valence-corrected chi connectivity index (χ0v) is 19.1. The second-order valence-corrected chi connectivity index (χ2v) is 9.73. The lowest BCUT2D eigenvalue weighted by atomic mass is 9.73. The fraction of sp³-hybridized carbons (Fsp3) is 0.385. The number of fused-ring (bicyclic) bond motifs is 1. The van der Waals surface area contributed by atoms with Crippen LogP contribution in [0.15, 0.2) is 59.8 Å². The van der Waals surface area contributed by atoms with Crippen LogP contribution in [0, 0.1) is 5.41 Å². The number of hydrogen-bond donors (Lipinski definition) is 1. The molecule has 0 aromatic heterocycles. The maximum Gasteiger partial charge on any atom is 0.227 e. The van der Waals surface area contributed by atoms with Gasteiger partial charge in [0.25, 0.3) is 0 Å². The third-order valence-electron chi connectivity index (χ3n) is 6.10. The molecule has 1 aliphatic carbocycles. The van der Waals surface area contributed by atoms with Crippen molar-refractivity contribution in [2.45, 2.75) is 58.9 Å². The number of Topliss-reactive ketones (excluding diaryl/α,β-unsaturated/α-hetero) is 1. The monoisotopic (exact) mass is 436 g/mol. The molecule has 0 fully saturated rings. The first-order valence-electron chi connectivity index (χ1n) is 11.0. The molecule has 1 heterocycles. The molecule has 1 N–H and O–H groups in total. The summed E-state index contributed by atoms with van der Waals surface area (Å²) in [6.45, 7) is 6.32. The van der Waals surface area contributed by atoms with Gasteiger partial charge in [0.2, 0.25) is 5.91 Å². The molecule has 0 saturated heterocycles. The SMILES string of the molecule is CCCCC(=O)N1c2ccccc2NC2=C(C(=O)CC(C)(C)C2)[C@H]1c1ccc(Cl)cc1. The molecule has 4 rings (SSSR count). The number of amides is 1. The van der Waals surface area contributed by atoms with E-state index in [9.17, 15) is 9.59 Å². The van der Waals surface area contributed by atoms with Crippen LogP contribution < -0.4 is 10.2 Å². The van der Waals surface area contributed by atoms with Gasteiger partial charge in [-0.3, -0.25) is 14.5 Å². The van der Waals surface area contributed by atoms with Crippen molar-refractivity contribution in [3.8, 4) is 0 Å². The lowest BCUT2D eigenvalue weighted by molar-refractivity contribution is -0.119. The van der Waals surface area contributed by atoms with Crippen LogP contribution in [0.25, 0.3) is 0 Å². The van der Waals surface area contributed by atoms with E-state index in [1.807, 2.05) is 53.4 Å². The van der Waals surface area contributed by atoms with Crippen LogP contribution in [0.1, 0.15) is 64.5 Å². The van der Waals surface area contributed by atoms with Crippen molar-refractivity contribution in [1.82, 2.24) is 0 Å². The Morgan fingerprint density at radius 1 is 1.13 bits per heavy atom. The molecule has 4 nitrogen and oxygen atoms in total. The molecule has 0 spiro atoms. The fourth-order valence-corrected chi connectivity index (χ4v) is 4.80. The first kappa shape index (κ1) is 21.6. The van der Waals surface area contributed by atoms with Gasteiger partial charge < -0.3 is 5.32 Å². The van der Waals surface area contributed by atoms with Gasteiger partial charge in [0.05, 0.1) is 17.4 Å². The third-order valence-corrected chi connectivity index (χ3v) is 6.35. The van der Waals surface area contributed by atoms with E-state index < -0.39 is 6.04 Å². The summed E-state index contributed by atoms with van der Waals surface area (Å²) >= 11 is 6.16. The molecule has 2 aromatic rings. The highest BCUT2D eigenvalue weighted by molar-refractivity contribution is 6.30. The second kappa shape index (κ2) is 8.51. The van der Waals surface area contributed by atoms with E-state index in [0.717, 1.165) is 41.9 Å². The van der Waals surface area contributed by atoms with Gasteiger partial charge in [-0.15, -0.1) is 0 Å². The van der Waals surface area contributed by atoms with E-state index in [-0.39, 0.29) is 17.1 Å². The fourth-order valence-electron chi connectivity index (χ4n) is 4.67. The molecule has 162 valence electrons. The minimum atomic E-state index is -0.476. The van der Waals surface area contributed by atoms with Gasteiger partial charge in [0, 0.05) is 29.1 Å². The summed E-state index contributed by atoms with van der Waals surface area (Å²) in [5.74, 6) is 0.127. The molecule has 0 bridgehead atoms. The molecule has 2 aliphatic rings. The quantitative estimate of drug-likeness (QED) is 0.581. The topological polar surface area (TPSA) is 49.4 Å². The number of ketones is 1. The Labute approximate surface area is 189 Å². The maximum absolute atomic E-state index is 13.6. The van der Waals surface area contributed by atoms with Gasteiger partial charge in [-0.05, 0) is 48.1 Å². The Morgan fingerprint density at radius 2 is 1.84 bits per heavy atom. The number of carbonyl (C=O) groups is 2. The number of benzene rings is 2. The van der Waals surface area contributed by atoms with Crippen molar-refractivity contribution >= 4 is 34.7 Å². The number of nitrogens with one attached hydrogen (secondary N) is 1. The summed E-state index contributed by atoms with van der Waals surface area (Å²) in [6, 6.07) is 14.9. The molecule has 2 aromatic carbocycles. The third kappa shape index (κ3) is 4.27. The first-order chi connectivity index (χ1) is 14.8. The Hall–Kier alpha value is -2.59. The lowest BCUT2D eigenvalue weighted by Crippen LogP contribution is -2.39. The Morgan fingerprint density at radius 3 is 2.55 bits per heavy atom. The summed E-state index contributed by atoms with van der Waals surface area (Å²) in [7, 11) is 0. The van der Waals surface area contributed by atoms with E-state index in [4.69, 9.17) is 11.6 Å². The number of nitrogens with zero attached hydrogens (tertiary/aromatic N) is 1. The molecule has 31 heavy (non-hydrogen) atoms. The van der Waals surface area contributed by atoms with Crippen molar-refractivity contribution in [2.24, 2.45) is 5.41 Å². The van der Waals surface area contributed by atoms with Crippen LogP contribution in [0.5, 0.6) is 0 Å². The molecule has 0 radical (unpaired) electrons. The average molecular weight is 437 g/mol. The number of anilines is 2. The average Bonchev–Trinajstić information content (AvgIpc) is 2.86. The van der Waals surface area contributed by atoms with E-state index in [1.54, 1.807) is 0 Å². The van der Waals surface area contributed by atoms with Gasteiger partial charge >= 0.3 is 0 Å². The highest BCUT2D eigenvalue weighted by Crippen LogP contribution is 2.48. The van der Waals surface area contributed by atoms with Crippen molar-refractivity contribution in [1.29, 1.82) is 0 Å². The highest BCUT2D eigenvalue weighted by atomic mass is 35.5. The molecular formula is C26H29ClN2O2. The Bertz CT molecular complexity index is 1040. The van der Waals surface area contributed by atoms with Crippen LogP contribution in [0.4, 0.5) is 11.4 Å². The number of allylic oxidation sites excluding steroid dienone is 1. The summed E-state index contributed by atoms with van der Waals surface area (Å²) in [4.78, 5) is 28.9. The van der Waals surface area contributed by atoms with Crippen LogP contribution in [0.2, 0.25) is 5.02 Å². The molecule has 0 unspecified atom stereocenters. The zero-order chi connectivity index (χ0) is 22.2. The number of halogens is 1. The number of carbonyl (C=O) groups excluding carboxylic acids is 2. The number of hydrogen-bond acceptors (Lipinski definition) is 3. The standard InChI is InChI=1S/C26H29ClN2O2/c1-4-5-10-23(31)29-21-9-7-6-8-19(21)28-20-15-26(2,3)16-22(30)24(20)25(29)17-11-13-18(27)14-12-17/h6-9,11-14,25,28H,4-5,10,15-16H2,1-3H3/t25-/m1/s1. The van der Waals surface area contributed by atoms with E-state index in [2.05, 4.69) is 26.1 Å². The molecule has 0 saturated carbocycles. The van der Waals surface area contributed by atoms with Crippen LogP contribution in [-0.2, 0) is 9.59 Å². The molecule has 5 heteroatoms. The second-order valence-electron chi connectivity index (χ2n) is 9.30. The van der Waals surface area contributed by atoms with Crippen LogP contribution >= 0.6 is 11.6 Å². The predicted molar refractivity (Wildman–Crippen MR) is 126 cm³/mol. The van der Waals surface area contributed by atoms with Crippen LogP contribution in [-0.4, -0.2) is 11.7 Å². The molecular weight excluding hydrogens is 408 g/mol. The summed E-state index contributed by atoms with van der Waals surface area (Å²) < 4.78 is 0. The normalized spacial score (nSPS) is 19.9. The predicted octanol–water partition coefficient (Wildman–Crippen LogP) is 6.67. The number of unbranched alkanes of at least 4 members (excludes halogenated alkanes) is 1.